The van der Waals surface area contributed by atoms with Crippen molar-refractivity contribution in [3.8, 4) is 5.75 Å². The minimum Gasteiger partial charge on any atom is -0.435 e. The highest BCUT2D eigenvalue weighted by Gasteiger charge is 2.14. The summed E-state index contributed by atoms with van der Waals surface area (Å²) in [5.41, 5.74) is 0.219. The predicted molar refractivity (Wildman–Crippen MR) is 75.3 cm³/mol. The minimum absolute atomic E-state index is 0.00269. The van der Waals surface area contributed by atoms with Crippen LogP contribution in [0.3, 0.4) is 0 Å². The first kappa shape index (κ1) is 15.5. The van der Waals surface area contributed by atoms with Gasteiger partial charge in [0.15, 0.2) is 0 Å². The molecule has 2 aromatic carbocycles. The van der Waals surface area contributed by atoms with Crippen molar-refractivity contribution in [2.75, 3.05) is 4.72 Å². The fraction of sp³-hybridized carbons (Fsp3) is 0.0769. The molecule has 0 radical (unpaired) electrons. The second-order valence-electron chi connectivity index (χ2n) is 3.97. The average molecular weight is 334 g/mol. The number of halogens is 3. The second-order valence-corrected chi connectivity index (χ2v) is 6.08. The van der Waals surface area contributed by atoms with Crippen LogP contribution in [-0.2, 0) is 10.0 Å². The molecule has 0 spiro atoms. The van der Waals surface area contributed by atoms with Gasteiger partial charge in [0.05, 0.1) is 4.90 Å². The van der Waals surface area contributed by atoms with Gasteiger partial charge in [-0.3, -0.25) is 4.72 Å². The summed E-state index contributed by atoms with van der Waals surface area (Å²) >= 11 is 5.74. The van der Waals surface area contributed by atoms with E-state index >= 15 is 0 Å². The molecule has 112 valence electrons. The quantitative estimate of drug-likeness (QED) is 0.906. The van der Waals surface area contributed by atoms with Crippen LogP contribution in [0.4, 0.5) is 14.5 Å². The molecule has 0 unspecified atom stereocenters. The van der Waals surface area contributed by atoms with Gasteiger partial charge in [0.25, 0.3) is 10.0 Å². The largest absolute Gasteiger partial charge is 0.435 e. The number of sulfonamides is 1. The zero-order valence-corrected chi connectivity index (χ0v) is 12.0. The highest BCUT2D eigenvalue weighted by atomic mass is 35.5. The highest BCUT2D eigenvalue weighted by Crippen LogP contribution is 2.22. The Hall–Kier alpha value is -1.86. The Morgan fingerprint density at radius 1 is 1.10 bits per heavy atom. The van der Waals surface area contributed by atoms with Gasteiger partial charge in [0.1, 0.15) is 5.75 Å². The molecule has 2 aromatic rings. The molecule has 0 fully saturated rings. The van der Waals surface area contributed by atoms with Gasteiger partial charge in [-0.15, -0.1) is 0 Å². The highest BCUT2D eigenvalue weighted by molar-refractivity contribution is 7.92. The van der Waals surface area contributed by atoms with E-state index in [2.05, 4.69) is 9.46 Å². The van der Waals surface area contributed by atoms with Gasteiger partial charge in [-0.2, -0.15) is 8.78 Å². The van der Waals surface area contributed by atoms with E-state index in [9.17, 15) is 17.2 Å². The van der Waals surface area contributed by atoms with Gasteiger partial charge in [0, 0.05) is 10.7 Å². The average Bonchev–Trinajstić information content (AvgIpc) is 2.40. The summed E-state index contributed by atoms with van der Waals surface area (Å²) in [5, 5.41) is 0.290. The zero-order chi connectivity index (χ0) is 15.5. The van der Waals surface area contributed by atoms with Crippen LogP contribution in [0.15, 0.2) is 53.4 Å². The van der Waals surface area contributed by atoms with Gasteiger partial charge in [-0.1, -0.05) is 17.7 Å². The van der Waals surface area contributed by atoms with Crippen LogP contribution in [0.2, 0.25) is 5.02 Å². The van der Waals surface area contributed by atoms with Crippen LogP contribution in [0, 0.1) is 0 Å². The lowest BCUT2D eigenvalue weighted by molar-refractivity contribution is -0.0498. The summed E-state index contributed by atoms with van der Waals surface area (Å²) < 4.78 is 54.7. The number of benzene rings is 2. The van der Waals surface area contributed by atoms with Gasteiger partial charge < -0.3 is 4.74 Å². The normalized spacial score (nSPS) is 11.4. The Morgan fingerprint density at radius 2 is 1.76 bits per heavy atom. The van der Waals surface area contributed by atoms with Gasteiger partial charge in [-0.05, 0) is 42.5 Å². The molecule has 0 aromatic heterocycles. The van der Waals surface area contributed by atoms with Crippen molar-refractivity contribution in [2.45, 2.75) is 11.5 Å². The molecule has 1 N–H and O–H groups in total. The van der Waals surface area contributed by atoms with E-state index in [1.807, 2.05) is 0 Å². The van der Waals surface area contributed by atoms with Crippen molar-refractivity contribution in [3.05, 3.63) is 53.6 Å². The summed E-state index contributed by atoms with van der Waals surface area (Å²) in [6, 6.07) is 10.9. The smallest absolute Gasteiger partial charge is 0.387 e. The van der Waals surface area contributed by atoms with Crippen LogP contribution < -0.4 is 9.46 Å². The Bertz CT molecular complexity index is 720. The number of anilines is 1. The number of rotatable bonds is 5. The molecular weight excluding hydrogens is 324 g/mol. The van der Waals surface area contributed by atoms with Crippen LogP contribution >= 0.6 is 11.6 Å². The lowest BCUT2D eigenvalue weighted by atomic mass is 10.3. The van der Waals surface area contributed by atoms with E-state index in [0.717, 1.165) is 0 Å². The van der Waals surface area contributed by atoms with Crippen molar-refractivity contribution >= 4 is 27.3 Å². The van der Waals surface area contributed by atoms with Crippen molar-refractivity contribution in [2.24, 2.45) is 0 Å². The monoisotopic (exact) mass is 333 g/mol. The standard InChI is InChI=1S/C13H10ClF2NO3S/c14-9-2-1-3-12(8-9)21(18,19)17-10-4-6-11(7-5-10)20-13(15)16/h1-8,13,17H. The van der Waals surface area contributed by atoms with Crippen LogP contribution in [-0.4, -0.2) is 15.0 Å². The van der Waals surface area contributed by atoms with E-state index in [1.54, 1.807) is 6.07 Å². The maximum atomic E-state index is 12.1. The Labute approximate surface area is 125 Å². The van der Waals surface area contributed by atoms with Crippen LogP contribution in [0.25, 0.3) is 0 Å². The topological polar surface area (TPSA) is 55.4 Å². The number of hydrogen-bond donors (Lipinski definition) is 1. The summed E-state index contributed by atoms with van der Waals surface area (Å²) in [7, 11) is -3.80. The Kier molecular flexibility index (Phi) is 4.64. The third-order valence-electron chi connectivity index (χ3n) is 2.44. The fourth-order valence-corrected chi connectivity index (χ4v) is 2.91. The van der Waals surface area contributed by atoms with Crippen LogP contribution in [0.1, 0.15) is 0 Å². The predicted octanol–water partition coefficient (Wildman–Crippen LogP) is 3.74. The first-order valence-corrected chi connectivity index (χ1v) is 7.56. The number of alkyl halides is 2. The number of nitrogens with one attached hydrogen (secondary N) is 1. The maximum absolute atomic E-state index is 12.1. The summed E-state index contributed by atoms with van der Waals surface area (Å²) in [6.07, 6.45) is 0. The molecule has 8 heteroatoms. The lowest BCUT2D eigenvalue weighted by Gasteiger charge is -2.09. The van der Waals surface area contributed by atoms with Crippen LogP contribution in [0.5, 0.6) is 5.75 Å². The lowest BCUT2D eigenvalue weighted by Crippen LogP contribution is -2.12. The molecule has 0 aliphatic heterocycles. The number of hydrogen-bond acceptors (Lipinski definition) is 3. The zero-order valence-electron chi connectivity index (χ0n) is 10.5. The van der Waals surface area contributed by atoms with Crippen molar-refractivity contribution < 1.29 is 21.9 Å². The van der Waals surface area contributed by atoms with E-state index in [1.165, 1.54) is 42.5 Å². The van der Waals surface area contributed by atoms with Gasteiger partial charge >= 0.3 is 6.61 Å². The summed E-state index contributed by atoms with van der Waals surface area (Å²) in [4.78, 5) is 0.00269. The summed E-state index contributed by atoms with van der Waals surface area (Å²) in [6.45, 7) is -2.93. The molecule has 0 aliphatic carbocycles. The third kappa shape index (κ3) is 4.30. The maximum Gasteiger partial charge on any atom is 0.387 e. The van der Waals surface area contributed by atoms with Crippen molar-refractivity contribution in [1.82, 2.24) is 0 Å². The molecule has 0 atom stereocenters. The Morgan fingerprint density at radius 3 is 2.33 bits per heavy atom. The molecule has 0 saturated carbocycles. The SMILES string of the molecule is O=S(=O)(Nc1ccc(OC(F)F)cc1)c1cccc(Cl)c1. The molecule has 21 heavy (non-hydrogen) atoms. The summed E-state index contributed by atoms with van der Waals surface area (Å²) in [5.74, 6) is -0.0595. The molecule has 0 aliphatic rings. The van der Waals surface area contributed by atoms with E-state index in [4.69, 9.17) is 11.6 Å². The first-order chi connectivity index (χ1) is 9.87. The second kappa shape index (κ2) is 6.28. The van der Waals surface area contributed by atoms with Crippen molar-refractivity contribution in [1.29, 1.82) is 0 Å². The van der Waals surface area contributed by atoms with E-state index < -0.39 is 16.6 Å². The molecule has 0 saturated heterocycles. The van der Waals surface area contributed by atoms with Crippen molar-refractivity contribution in [3.63, 3.8) is 0 Å². The minimum atomic E-state index is -3.80. The molecule has 0 heterocycles. The fourth-order valence-electron chi connectivity index (χ4n) is 1.55. The third-order valence-corrected chi connectivity index (χ3v) is 4.05. The molecule has 0 amide bonds. The molecule has 2 rings (SSSR count). The van der Waals surface area contributed by atoms with E-state index in [0.29, 0.717) is 5.02 Å². The molecule has 0 bridgehead atoms. The number of ether oxygens (including phenoxy) is 1. The Balaban J connectivity index is 2.17. The first-order valence-electron chi connectivity index (χ1n) is 5.70. The van der Waals surface area contributed by atoms with E-state index in [-0.39, 0.29) is 16.3 Å². The molecule has 4 nitrogen and oxygen atoms in total. The molecular formula is C13H10ClF2NO3S. The van der Waals surface area contributed by atoms with Gasteiger partial charge in [0.2, 0.25) is 0 Å². The van der Waals surface area contributed by atoms with Gasteiger partial charge in [-0.25, -0.2) is 8.42 Å².